The molecule has 0 aromatic heterocycles. The summed E-state index contributed by atoms with van der Waals surface area (Å²) in [5.74, 6) is 0.358. The van der Waals surface area contributed by atoms with Gasteiger partial charge in [0.15, 0.2) is 6.61 Å². The van der Waals surface area contributed by atoms with E-state index in [2.05, 4.69) is 5.32 Å². The summed E-state index contributed by atoms with van der Waals surface area (Å²) in [6.07, 6.45) is 0.535. The topological polar surface area (TPSA) is 58.6 Å². The van der Waals surface area contributed by atoms with Gasteiger partial charge in [-0.1, -0.05) is 43.3 Å². The van der Waals surface area contributed by atoms with E-state index in [-0.39, 0.29) is 18.4 Å². The summed E-state index contributed by atoms with van der Waals surface area (Å²) >= 11 is 0. The van der Waals surface area contributed by atoms with E-state index >= 15 is 0 Å². The molecular formula is C24H32N2O3. The maximum absolute atomic E-state index is 13.2. The Morgan fingerprint density at radius 1 is 1.03 bits per heavy atom. The Morgan fingerprint density at radius 3 is 2.41 bits per heavy atom. The van der Waals surface area contributed by atoms with E-state index in [0.717, 1.165) is 22.3 Å². The molecule has 0 bridgehead atoms. The third-order valence-corrected chi connectivity index (χ3v) is 5.03. The van der Waals surface area contributed by atoms with E-state index in [1.807, 2.05) is 77.1 Å². The van der Waals surface area contributed by atoms with E-state index in [4.69, 9.17) is 4.74 Å². The molecule has 1 N–H and O–H groups in total. The summed E-state index contributed by atoms with van der Waals surface area (Å²) in [6.45, 7) is 10.5. The summed E-state index contributed by atoms with van der Waals surface area (Å²) in [5.41, 5.74) is 4.16. The smallest absolute Gasteiger partial charge is 0.261 e. The minimum Gasteiger partial charge on any atom is -0.483 e. The normalized spacial score (nSPS) is 11.6. The van der Waals surface area contributed by atoms with Crippen LogP contribution in [0.25, 0.3) is 0 Å². The molecule has 0 heterocycles. The minimum absolute atomic E-state index is 0.105. The highest BCUT2D eigenvalue weighted by Gasteiger charge is 2.29. The van der Waals surface area contributed by atoms with Gasteiger partial charge in [-0.15, -0.1) is 0 Å². The standard InChI is InChI=1S/C24H32N2O3/c1-6-21(24(28)25-7-2)26(15-20-11-9-8-10-18(20)4)23(27)16-29-22-14-17(3)12-13-19(22)5/h8-14,21H,6-7,15-16H2,1-5H3,(H,25,28). The highest BCUT2D eigenvalue weighted by molar-refractivity contribution is 5.88. The van der Waals surface area contributed by atoms with Crippen LogP contribution in [0.1, 0.15) is 42.5 Å². The van der Waals surface area contributed by atoms with Crippen LogP contribution in [0, 0.1) is 20.8 Å². The van der Waals surface area contributed by atoms with Crippen molar-refractivity contribution >= 4 is 11.8 Å². The monoisotopic (exact) mass is 396 g/mol. The molecule has 2 rings (SSSR count). The summed E-state index contributed by atoms with van der Waals surface area (Å²) < 4.78 is 5.84. The molecule has 2 aromatic rings. The predicted molar refractivity (Wildman–Crippen MR) is 116 cm³/mol. The molecule has 0 radical (unpaired) electrons. The van der Waals surface area contributed by atoms with Crippen molar-refractivity contribution in [3.05, 3.63) is 64.7 Å². The lowest BCUT2D eigenvalue weighted by Crippen LogP contribution is -2.50. The molecule has 0 saturated heterocycles. The van der Waals surface area contributed by atoms with Crippen LogP contribution >= 0.6 is 0 Å². The van der Waals surface area contributed by atoms with E-state index in [1.165, 1.54) is 0 Å². The first kappa shape index (κ1) is 22.5. The van der Waals surface area contributed by atoms with Crippen LogP contribution in [-0.4, -0.2) is 35.9 Å². The van der Waals surface area contributed by atoms with Gasteiger partial charge in [0.05, 0.1) is 0 Å². The zero-order valence-electron chi connectivity index (χ0n) is 18.1. The Bertz CT molecular complexity index is 848. The largest absolute Gasteiger partial charge is 0.483 e. The van der Waals surface area contributed by atoms with Crippen molar-refractivity contribution in [1.82, 2.24) is 10.2 Å². The molecule has 0 spiro atoms. The van der Waals surface area contributed by atoms with Crippen molar-refractivity contribution < 1.29 is 14.3 Å². The molecule has 0 aliphatic rings. The van der Waals surface area contributed by atoms with Gasteiger partial charge in [0.25, 0.3) is 5.91 Å². The summed E-state index contributed by atoms with van der Waals surface area (Å²) in [6, 6.07) is 13.3. The lowest BCUT2D eigenvalue weighted by Gasteiger charge is -2.31. The Labute approximate surface area is 174 Å². The number of benzene rings is 2. The number of aryl methyl sites for hydroxylation is 3. The molecular weight excluding hydrogens is 364 g/mol. The van der Waals surface area contributed by atoms with Gasteiger partial charge in [-0.05, 0) is 62.4 Å². The number of amides is 2. The van der Waals surface area contributed by atoms with Crippen LogP contribution < -0.4 is 10.1 Å². The van der Waals surface area contributed by atoms with Crippen molar-refractivity contribution in [2.75, 3.05) is 13.2 Å². The second-order valence-electron chi connectivity index (χ2n) is 7.32. The van der Waals surface area contributed by atoms with Crippen LogP contribution in [0.15, 0.2) is 42.5 Å². The summed E-state index contributed by atoms with van der Waals surface area (Å²) in [5, 5.41) is 2.85. The van der Waals surface area contributed by atoms with Gasteiger partial charge in [-0.2, -0.15) is 0 Å². The molecule has 5 nitrogen and oxygen atoms in total. The molecule has 0 aliphatic carbocycles. The fourth-order valence-electron chi connectivity index (χ4n) is 3.27. The Kier molecular flexibility index (Phi) is 8.25. The summed E-state index contributed by atoms with van der Waals surface area (Å²) in [7, 11) is 0. The van der Waals surface area contributed by atoms with Crippen molar-refractivity contribution in [2.45, 2.75) is 53.6 Å². The molecule has 0 aliphatic heterocycles. The Balaban J connectivity index is 2.24. The maximum Gasteiger partial charge on any atom is 0.261 e. The van der Waals surface area contributed by atoms with Crippen LogP contribution in [0.5, 0.6) is 5.75 Å². The van der Waals surface area contributed by atoms with E-state index < -0.39 is 6.04 Å². The second-order valence-corrected chi connectivity index (χ2v) is 7.32. The van der Waals surface area contributed by atoms with Gasteiger partial charge >= 0.3 is 0 Å². The van der Waals surface area contributed by atoms with Gasteiger partial charge in [0.2, 0.25) is 5.91 Å². The Hall–Kier alpha value is -2.82. The third kappa shape index (κ3) is 6.08. The number of hydrogen-bond donors (Lipinski definition) is 1. The molecule has 0 fully saturated rings. The summed E-state index contributed by atoms with van der Waals surface area (Å²) in [4.78, 5) is 27.4. The van der Waals surface area contributed by atoms with Crippen LogP contribution in [0.4, 0.5) is 0 Å². The van der Waals surface area contributed by atoms with Crippen LogP contribution in [0.2, 0.25) is 0 Å². The number of nitrogens with one attached hydrogen (secondary N) is 1. The number of rotatable bonds is 9. The van der Waals surface area contributed by atoms with Gasteiger partial charge in [0.1, 0.15) is 11.8 Å². The molecule has 2 aromatic carbocycles. The average Bonchev–Trinajstić information content (AvgIpc) is 2.70. The fourth-order valence-corrected chi connectivity index (χ4v) is 3.27. The first-order valence-electron chi connectivity index (χ1n) is 10.2. The number of carbonyl (C=O) groups excluding carboxylic acids is 2. The van der Waals surface area contributed by atoms with Crippen LogP contribution in [-0.2, 0) is 16.1 Å². The maximum atomic E-state index is 13.2. The number of likely N-dealkylation sites (N-methyl/N-ethyl adjacent to an activating group) is 1. The van der Waals surface area contributed by atoms with E-state index in [1.54, 1.807) is 4.90 Å². The average molecular weight is 397 g/mol. The first-order valence-corrected chi connectivity index (χ1v) is 10.2. The fraction of sp³-hybridized carbons (Fsp3) is 0.417. The van der Waals surface area contributed by atoms with Crippen molar-refractivity contribution in [3.8, 4) is 5.75 Å². The molecule has 1 unspecified atom stereocenters. The molecule has 156 valence electrons. The molecule has 5 heteroatoms. The van der Waals surface area contributed by atoms with Gasteiger partial charge < -0.3 is 15.0 Å². The number of hydrogen-bond acceptors (Lipinski definition) is 3. The third-order valence-electron chi connectivity index (χ3n) is 5.03. The van der Waals surface area contributed by atoms with Crippen molar-refractivity contribution in [3.63, 3.8) is 0 Å². The van der Waals surface area contributed by atoms with Gasteiger partial charge in [-0.25, -0.2) is 0 Å². The zero-order valence-corrected chi connectivity index (χ0v) is 18.1. The number of nitrogens with zero attached hydrogens (tertiary/aromatic N) is 1. The van der Waals surface area contributed by atoms with Crippen LogP contribution in [0.3, 0.4) is 0 Å². The van der Waals surface area contributed by atoms with Crippen molar-refractivity contribution in [2.24, 2.45) is 0 Å². The lowest BCUT2D eigenvalue weighted by molar-refractivity contribution is -0.142. The van der Waals surface area contributed by atoms with Crippen molar-refractivity contribution in [1.29, 1.82) is 0 Å². The van der Waals surface area contributed by atoms with Gasteiger partial charge in [-0.3, -0.25) is 9.59 Å². The molecule has 1 atom stereocenters. The molecule has 2 amide bonds. The van der Waals surface area contributed by atoms with E-state index in [9.17, 15) is 9.59 Å². The van der Waals surface area contributed by atoms with Gasteiger partial charge in [0, 0.05) is 13.1 Å². The molecule has 29 heavy (non-hydrogen) atoms. The second kappa shape index (κ2) is 10.6. The lowest BCUT2D eigenvalue weighted by atomic mass is 10.1. The highest BCUT2D eigenvalue weighted by Crippen LogP contribution is 2.20. The number of ether oxygens (including phenoxy) is 1. The highest BCUT2D eigenvalue weighted by atomic mass is 16.5. The van der Waals surface area contributed by atoms with E-state index in [0.29, 0.717) is 25.3 Å². The minimum atomic E-state index is -0.538. The zero-order chi connectivity index (χ0) is 21.4. The predicted octanol–water partition coefficient (Wildman–Crippen LogP) is 3.93. The Morgan fingerprint density at radius 2 is 1.76 bits per heavy atom. The number of carbonyl (C=O) groups is 2. The molecule has 0 saturated carbocycles. The first-order chi connectivity index (χ1) is 13.9. The SMILES string of the molecule is CCNC(=O)C(CC)N(Cc1ccccc1C)C(=O)COc1cc(C)ccc1C. The quantitative estimate of drug-likeness (QED) is 0.699.